The Labute approximate surface area is 112 Å². The Morgan fingerprint density at radius 3 is 3.17 bits per heavy atom. The standard InChI is InChI=1S/C12H19ClN4O/c1-2-9-8-18-6-5-17(9)7-11-10(13)3-4-12(15-11)16-14/h3-4,9H,2,5-8,14H2,1H3,(H,15,16). The summed E-state index contributed by atoms with van der Waals surface area (Å²) in [6.45, 7) is 5.36. The van der Waals surface area contributed by atoms with Crippen LogP contribution in [-0.4, -0.2) is 35.7 Å². The number of morpholine rings is 1. The minimum atomic E-state index is 0.436. The first kappa shape index (κ1) is 13.5. The molecule has 100 valence electrons. The number of ether oxygens (including phenoxy) is 1. The van der Waals surface area contributed by atoms with E-state index in [1.54, 1.807) is 6.07 Å². The van der Waals surface area contributed by atoms with Crippen molar-refractivity contribution in [1.82, 2.24) is 9.88 Å². The lowest BCUT2D eigenvalue weighted by Crippen LogP contribution is -2.44. The lowest BCUT2D eigenvalue weighted by Gasteiger charge is -2.34. The second kappa shape index (κ2) is 6.33. The fourth-order valence-corrected chi connectivity index (χ4v) is 2.31. The van der Waals surface area contributed by atoms with Crippen LogP contribution < -0.4 is 11.3 Å². The zero-order chi connectivity index (χ0) is 13.0. The number of rotatable bonds is 4. The molecule has 0 radical (unpaired) electrons. The molecule has 0 saturated carbocycles. The van der Waals surface area contributed by atoms with Crippen LogP contribution in [0.3, 0.4) is 0 Å². The van der Waals surface area contributed by atoms with Gasteiger partial charge in [-0.15, -0.1) is 0 Å². The Hall–Kier alpha value is -0.880. The predicted octanol–water partition coefficient (Wildman–Crippen LogP) is 1.63. The van der Waals surface area contributed by atoms with E-state index in [0.29, 0.717) is 16.9 Å². The molecule has 0 bridgehead atoms. The molecular weight excluding hydrogens is 252 g/mol. The molecule has 1 aromatic heterocycles. The van der Waals surface area contributed by atoms with Crippen molar-refractivity contribution >= 4 is 17.4 Å². The third kappa shape index (κ3) is 3.11. The molecule has 2 heterocycles. The lowest BCUT2D eigenvalue weighted by molar-refractivity contribution is -0.0132. The van der Waals surface area contributed by atoms with Gasteiger partial charge in [0.05, 0.1) is 23.9 Å². The van der Waals surface area contributed by atoms with Gasteiger partial charge in [-0.2, -0.15) is 0 Å². The van der Waals surface area contributed by atoms with Crippen molar-refractivity contribution in [2.45, 2.75) is 25.9 Å². The van der Waals surface area contributed by atoms with E-state index >= 15 is 0 Å². The third-order valence-electron chi connectivity index (χ3n) is 3.24. The largest absolute Gasteiger partial charge is 0.378 e. The first-order valence-corrected chi connectivity index (χ1v) is 6.56. The number of hydrogen-bond acceptors (Lipinski definition) is 5. The fourth-order valence-electron chi connectivity index (χ4n) is 2.14. The molecule has 1 aromatic rings. The molecule has 2 rings (SSSR count). The zero-order valence-corrected chi connectivity index (χ0v) is 11.3. The Bertz CT molecular complexity index is 402. The Balaban J connectivity index is 2.11. The Kier molecular flexibility index (Phi) is 4.77. The number of aromatic nitrogens is 1. The Morgan fingerprint density at radius 1 is 1.61 bits per heavy atom. The first-order chi connectivity index (χ1) is 8.74. The summed E-state index contributed by atoms with van der Waals surface area (Å²) in [6.07, 6.45) is 1.06. The molecule has 5 nitrogen and oxygen atoms in total. The molecule has 1 unspecified atom stereocenters. The van der Waals surface area contributed by atoms with E-state index in [9.17, 15) is 0 Å². The fraction of sp³-hybridized carbons (Fsp3) is 0.583. The summed E-state index contributed by atoms with van der Waals surface area (Å²) < 4.78 is 5.49. The van der Waals surface area contributed by atoms with Crippen molar-refractivity contribution in [2.75, 3.05) is 25.2 Å². The van der Waals surface area contributed by atoms with Crippen molar-refractivity contribution in [3.05, 3.63) is 22.8 Å². The molecule has 1 saturated heterocycles. The van der Waals surface area contributed by atoms with Gasteiger partial charge in [0, 0.05) is 19.1 Å². The van der Waals surface area contributed by atoms with Crippen molar-refractivity contribution in [3.8, 4) is 0 Å². The van der Waals surface area contributed by atoms with E-state index in [4.69, 9.17) is 22.2 Å². The highest BCUT2D eigenvalue weighted by Gasteiger charge is 2.22. The summed E-state index contributed by atoms with van der Waals surface area (Å²) in [6, 6.07) is 4.02. The van der Waals surface area contributed by atoms with E-state index in [1.807, 2.05) is 6.07 Å². The molecule has 1 aliphatic rings. The maximum atomic E-state index is 6.17. The summed E-state index contributed by atoms with van der Waals surface area (Å²) in [5.74, 6) is 6.00. The van der Waals surface area contributed by atoms with Crippen LogP contribution in [0.1, 0.15) is 19.0 Å². The van der Waals surface area contributed by atoms with Crippen LogP contribution in [0.4, 0.5) is 5.82 Å². The van der Waals surface area contributed by atoms with Gasteiger partial charge in [0.25, 0.3) is 0 Å². The second-order valence-corrected chi connectivity index (χ2v) is 4.78. The second-order valence-electron chi connectivity index (χ2n) is 4.38. The molecule has 0 spiro atoms. The van der Waals surface area contributed by atoms with E-state index < -0.39 is 0 Å². The first-order valence-electron chi connectivity index (χ1n) is 6.18. The van der Waals surface area contributed by atoms with Gasteiger partial charge in [0.2, 0.25) is 0 Å². The molecular formula is C12H19ClN4O. The van der Waals surface area contributed by atoms with Crippen LogP contribution in [-0.2, 0) is 11.3 Å². The third-order valence-corrected chi connectivity index (χ3v) is 3.58. The van der Waals surface area contributed by atoms with Gasteiger partial charge in [0.1, 0.15) is 5.82 Å². The molecule has 0 amide bonds. The summed E-state index contributed by atoms with van der Waals surface area (Å²) in [5, 5.41) is 0.676. The molecule has 0 aromatic carbocycles. The number of anilines is 1. The molecule has 3 N–H and O–H groups in total. The number of hydrogen-bond donors (Lipinski definition) is 2. The highest BCUT2D eigenvalue weighted by Crippen LogP contribution is 2.20. The van der Waals surface area contributed by atoms with Gasteiger partial charge >= 0.3 is 0 Å². The highest BCUT2D eigenvalue weighted by molar-refractivity contribution is 6.31. The summed E-state index contributed by atoms with van der Waals surface area (Å²) in [5.41, 5.74) is 3.40. The van der Waals surface area contributed by atoms with Crippen molar-refractivity contribution < 1.29 is 4.74 Å². The number of nitrogens with two attached hydrogens (primary N) is 1. The van der Waals surface area contributed by atoms with Crippen LogP contribution in [0.5, 0.6) is 0 Å². The van der Waals surface area contributed by atoms with E-state index in [-0.39, 0.29) is 0 Å². The average Bonchev–Trinajstić information content (AvgIpc) is 2.42. The van der Waals surface area contributed by atoms with Crippen LogP contribution in [0.2, 0.25) is 5.02 Å². The summed E-state index contributed by atoms with van der Waals surface area (Å²) in [7, 11) is 0. The SMILES string of the molecule is CCC1COCCN1Cc1nc(NN)ccc1Cl. The summed E-state index contributed by atoms with van der Waals surface area (Å²) in [4.78, 5) is 6.76. The quantitative estimate of drug-likeness (QED) is 0.643. The number of halogens is 1. The minimum Gasteiger partial charge on any atom is -0.378 e. The van der Waals surface area contributed by atoms with Crippen LogP contribution in [0, 0.1) is 0 Å². The maximum Gasteiger partial charge on any atom is 0.140 e. The van der Waals surface area contributed by atoms with E-state index in [0.717, 1.165) is 38.4 Å². The van der Waals surface area contributed by atoms with Gasteiger partial charge in [-0.25, -0.2) is 10.8 Å². The number of hydrazine groups is 1. The molecule has 6 heteroatoms. The Morgan fingerprint density at radius 2 is 2.44 bits per heavy atom. The number of pyridine rings is 1. The number of nitrogens with one attached hydrogen (secondary N) is 1. The summed E-state index contributed by atoms with van der Waals surface area (Å²) >= 11 is 6.17. The normalized spacial score (nSPS) is 20.9. The van der Waals surface area contributed by atoms with Crippen molar-refractivity contribution in [2.24, 2.45) is 5.84 Å². The van der Waals surface area contributed by atoms with Gasteiger partial charge < -0.3 is 10.2 Å². The van der Waals surface area contributed by atoms with Crippen LogP contribution in [0.25, 0.3) is 0 Å². The van der Waals surface area contributed by atoms with Gasteiger partial charge in [-0.3, -0.25) is 4.90 Å². The molecule has 1 fully saturated rings. The average molecular weight is 271 g/mol. The molecule has 18 heavy (non-hydrogen) atoms. The van der Waals surface area contributed by atoms with Gasteiger partial charge in [-0.05, 0) is 18.6 Å². The minimum absolute atomic E-state index is 0.436. The van der Waals surface area contributed by atoms with Crippen molar-refractivity contribution in [1.29, 1.82) is 0 Å². The van der Waals surface area contributed by atoms with Crippen LogP contribution >= 0.6 is 11.6 Å². The topological polar surface area (TPSA) is 63.4 Å². The van der Waals surface area contributed by atoms with Gasteiger partial charge in [0.15, 0.2) is 0 Å². The number of nitrogen functional groups attached to an aromatic ring is 1. The highest BCUT2D eigenvalue weighted by atomic mass is 35.5. The van der Waals surface area contributed by atoms with E-state index in [2.05, 4.69) is 22.2 Å². The maximum absolute atomic E-state index is 6.17. The predicted molar refractivity (Wildman–Crippen MR) is 72.4 cm³/mol. The molecule has 1 aliphatic heterocycles. The molecule has 0 aliphatic carbocycles. The zero-order valence-electron chi connectivity index (χ0n) is 10.5. The monoisotopic (exact) mass is 270 g/mol. The molecule has 1 atom stereocenters. The number of nitrogens with zero attached hydrogens (tertiary/aromatic N) is 2. The smallest absolute Gasteiger partial charge is 0.140 e. The lowest BCUT2D eigenvalue weighted by atomic mass is 10.1. The van der Waals surface area contributed by atoms with Crippen LogP contribution in [0.15, 0.2) is 12.1 Å². The van der Waals surface area contributed by atoms with Gasteiger partial charge in [-0.1, -0.05) is 18.5 Å². The van der Waals surface area contributed by atoms with Crippen molar-refractivity contribution in [3.63, 3.8) is 0 Å². The van der Waals surface area contributed by atoms with E-state index in [1.165, 1.54) is 0 Å².